The normalized spacial score (nSPS) is 16.8. The Morgan fingerprint density at radius 2 is 1.74 bits per heavy atom. The van der Waals surface area contributed by atoms with Crippen LogP contribution in [0.4, 0.5) is 11.4 Å². The number of amides is 4. The third kappa shape index (κ3) is 4.41. The summed E-state index contributed by atoms with van der Waals surface area (Å²) in [6.07, 6.45) is 0. The lowest BCUT2D eigenvalue weighted by Crippen LogP contribution is -2.36. The molecule has 35 heavy (non-hydrogen) atoms. The number of rotatable bonds is 5. The highest BCUT2D eigenvalue weighted by atomic mass is 32.1. The fraction of sp³-hybridized carbons (Fsp3) is 0.167. The second-order valence-corrected chi connectivity index (χ2v) is 7.98. The Morgan fingerprint density at radius 1 is 1.06 bits per heavy atom. The quantitative estimate of drug-likeness (QED) is 0.371. The third-order valence-corrected chi connectivity index (χ3v) is 5.60. The monoisotopic (exact) mass is 492 g/mol. The summed E-state index contributed by atoms with van der Waals surface area (Å²) in [7, 11) is 0. The second kappa shape index (κ2) is 9.47. The van der Waals surface area contributed by atoms with Crippen molar-refractivity contribution in [2.75, 3.05) is 23.4 Å². The molecule has 1 saturated heterocycles. The van der Waals surface area contributed by atoms with Crippen molar-refractivity contribution in [1.29, 1.82) is 0 Å². The van der Waals surface area contributed by atoms with Gasteiger partial charge in [0.2, 0.25) is 11.8 Å². The molecule has 0 aliphatic carbocycles. The van der Waals surface area contributed by atoms with Gasteiger partial charge in [-0.2, -0.15) is 0 Å². The largest absolute Gasteiger partial charge is 0.462 e. The number of esters is 1. The third-order valence-electron chi connectivity index (χ3n) is 5.32. The predicted octanol–water partition coefficient (Wildman–Crippen LogP) is 1.82. The topological polar surface area (TPSA) is 125 Å². The van der Waals surface area contributed by atoms with Gasteiger partial charge in [0.25, 0.3) is 11.8 Å². The van der Waals surface area contributed by atoms with Gasteiger partial charge in [-0.15, -0.1) is 0 Å². The van der Waals surface area contributed by atoms with E-state index in [-0.39, 0.29) is 29.5 Å². The van der Waals surface area contributed by atoms with Crippen molar-refractivity contribution >= 4 is 63.9 Å². The van der Waals surface area contributed by atoms with Gasteiger partial charge in [-0.25, -0.2) is 4.79 Å². The zero-order valence-electron chi connectivity index (χ0n) is 18.8. The number of para-hydroxylation sites is 1. The highest BCUT2D eigenvalue weighted by Crippen LogP contribution is 2.40. The van der Waals surface area contributed by atoms with Crippen molar-refractivity contribution in [1.82, 2.24) is 10.2 Å². The summed E-state index contributed by atoms with van der Waals surface area (Å²) < 4.78 is 4.94. The van der Waals surface area contributed by atoms with E-state index in [1.807, 2.05) is 0 Å². The maximum Gasteiger partial charge on any atom is 0.338 e. The highest BCUT2D eigenvalue weighted by molar-refractivity contribution is 7.80. The van der Waals surface area contributed by atoms with Gasteiger partial charge in [0, 0.05) is 18.2 Å². The highest BCUT2D eigenvalue weighted by Gasteiger charge is 2.43. The number of nitrogens with one attached hydrogen (secondary N) is 2. The van der Waals surface area contributed by atoms with Gasteiger partial charge in [-0.3, -0.25) is 34.3 Å². The number of anilines is 2. The van der Waals surface area contributed by atoms with Crippen molar-refractivity contribution in [3.05, 3.63) is 65.4 Å². The Bertz CT molecular complexity index is 1320. The summed E-state index contributed by atoms with van der Waals surface area (Å²) in [5, 5.41) is 4.96. The van der Waals surface area contributed by atoms with E-state index in [0.717, 1.165) is 4.90 Å². The average Bonchev–Trinajstić information content (AvgIpc) is 3.26. The minimum absolute atomic E-state index is 0.0141. The molecule has 2 aliphatic rings. The summed E-state index contributed by atoms with van der Waals surface area (Å²) in [6.45, 7) is 2.84. The molecule has 2 heterocycles. The molecule has 2 N–H and O–H groups in total. The van der Waals surface area contributed by atoms with Crippen LogP contribution in [-0.2, 0) is 23.9 Å². The van der Waals surface area contributed by atoms with Gasteiger partial charge in [-0.1, -0.05) is 18.2 Å². The molecule has 0 aromatic heterocycles. The zero-order valence-corrected chi connectivity index (χ0v) is 19.6. The van der Waals surface area contributed by atoms with Crippen LogP contribution in [0.5, 0.6) is 0 Å². The molecule has 0 atom stereocenters. The molecule has 0 unspecified atom stereocenters. The molecule has 2 aliphatic heterocycles. The molecule has 0 spiro atoms. The molecule has 0 saturated carbocycles. The first-order valence-corrected chi connectivity index (χ1v) is 11.0. The average molecular weight is 493 g/mol. The molecule has 11 heteroatoms. The van der Waals surface area contributed by atoms with Crippen molar-refractivity contribution in [2.45, 2.75) is 13.8 Å². The summed E-state index contributed by atoms with van der Waals surface area (Å²) in [4.78, 5) is 64.9. The van der Waals surface area contributed by atoms with Crippen molar-refractivity contribution in [2.24, 2.45) is 0 Å². The molecule has 2 aromatic rings. The summed E-state index contributed by atoms with van der Waals surface area (Å²) >= 11 is 5.08. The number of thiocarbonyl (C=S) groups is 1. The molecule has 0 radical (unpaired) electrons. The standard InChI is InChI=1S/C24H20N4O6S/c1-3-34-23(33)14-8-10-15(11-9-14)25-18(30)12-27-17-7-5-4-6-16(17)19(22(27)32)20-21(31)26-24(35)28(20)13(2)29/h4-11H,3,12H2,1-2H3,(H,25,30)(H,26,31,35)/b20-19-. The van der Waals surface area contributed by atoms with E-state index in [9.17, 15) is 24.0 Å². The van der Waals surface area contributed by atoms with Crippen LogP contribution in [0.3, 0.4) is 0 Å². The molecule has 1 fully saturated rings. The zero-order chi connectivity index (χ0) is 25.3. The first kappa shape index (κ1) is 23.8. The van der Waals surface area contributed by atoms with Gasteiger partial charge in [-0.05, 0) is 49.5 Å². The lowest BCUT2D eigenvalue weighted by Gasteiger charge is -2.17. The summed E-state index contributed by atoms with van der Waals surface area (Å²) in [6, 6.07) is 12.8. The lowest BCUT2D eigenvalue weighted by molar-refractivity contribution is -0.125. The maximum atomic E-state index is 13.4. The number of ether oxygens (including phenoxy) is 1. The SMILES string of the molecule is CCOC(=O)c1ccc(NC(=O)CN2C(=O)/C(=C3/C(=O)NC(=S)N3C(C)=O)c3ccccc32)cc1. The van der Waals surface area contributed by atoms with Gasteiger partial charge in [0.1, 0.15) is 12.2 Å². The van der Waals surface area contributed by atoms with E-state index in [0.29, 0.717) is 22.5 Å². The predicted molar refractivity (Wildman–Crippen MR) is 130 cm³/mol. The van der Waals surface area contributed by atoms with Crippen LogP contribution >= 0.6 is 12.2 Å². The molecule has 4 rings (SSSR count). The van der Waals surface area contributed by atoms with E-state index in [1.165, 1.54) is 24.0 Å². The number of nitrogens with zero attached hydrogens (tertiary/aromatic N) is 2. The fourth-order valence-corrected chi connectivity index (χ4v) is 4.17. The maximum absolute atomic E-state index is 13.4. The van der Waals surface area contributed by atoms with Crippen LogP contribution in [0.15, 0.2) is 54.2 Å². The Labute approximate surface area is 205 Å². The Balaban J connectivity index is 1.60. The lowest BCUT2D eigenvalue weighted by atomic mass is 10.0. The number of benzene rings is 2. The number of carbonyl (C=O) groups excluding carboxylic acids is 5. The molecule has 10 nitrogen and oxygen atoms in total. The van der Waals surface area contributed by atoms with Crippen LogP contribution < -0.4 is 15.5 Å². The number of carbonyl (C=O) groups is 5. The Kier molecular flexibility index (Phi) is 6.43. The molecule has 178 valence electrons. The molecular weight excluding hydrogens is 472 g/mol. The van der Waals surface area contributed by atoms with Crippen molar-refractivity contribution in [3.63, 3.8) is 0 Å². The van der Waals surface area contributed by atoms with Gasteiger partial charge < -0.3 is 10.1 Å². The summed E-state index contributed by atoms with van der Waals surface area (Å²) in [5.74, 6) is -2.78. The van der Waals surface area contributed by atoms with Crippen LogP contribution in [-0.4, -0.2) is 52.8 Å². The minimum Gasteiger partial charge on any atom is -0.462 e. The first-order chi connectivity index (χ1) is 16.7. The van der Waals surface area contributed by atoms with Crippen molar-refractivity contribution in [3.8, 4) is 0 Å². The Hall–Kier alpha value is -4.38. The van der Waals surface area contributed by atoms with Gasteiger partial charge >= 0.3 is 5.97 Å². The number of fused-ring (bicyclic) bond motifs is 1. The van der Waals surface area contributed by atoms with E-state index in [2.05, 4.69) is 10.6 Å². The summed E-state index contributed by atoms with van der Waals surface area (Å²) in [5.41, 5.74) is 1.40. The van der Waals surface area contributed by atoms with E-state index in [1.54, 1.807) is 43.3 Å². The second-order valence-electron chi connectivity index (χ2n) is 7.59. The molecule has 0 bridgehead atoms. The van der Waals surface area contributed by atoms with Crippen LogP contribution in [0.25, 0.3) is 5.57 Å². The van der Waals surface area contributed by atoms with E-state index in [4.69, 9.17) is 17.0 Å². The molecular formula is C24H20N4O6S. The first-order valence-electron chi connectivity index (χ1n) is 10.6. The van der Waals surface area contributed by atoms with Gasteiger partial charge in [0.15, 0.2) is 5.11 Å². The molecule has 2 aromatic carbocycles. The van der Waals surface area contributed by atoms with Gasteiger partial charge in [0.05, 0.1) is 23.4 Å². The number of hydrogen-bond acceptors (Lipinski definition) is 7. The Morgan fingerprint density at radius 3 is 2.40 bits per heavy atom. The van der Waals surface area contributed by atoms with E-state index < -0.39 is 29.6 Å². The van der Waals surface area contributed by atoms with Crippen molar-refractivity contribution < 1.29 is 28.7 Å². The minimum atomic E-state index is -0.670. The van der Waals surface area contributed by atoms with E-state index >= 15 is 0 Å². The van der Waals surface area contributed by atoms with Crippen LogP contribution in [0.1, 0.15) is 29.8 Å². The van der Waals surface area contributed by atoms with Crippen LogP contribution in [0, 0.1) is 0 Å². The number of hydrogen-bond donors (Lipinski definition) is 2. The smallest absolute Gasteiger partial charge is 0.338 e. The van der Waals surface area contributed by atoms with Crippen LogP contribution in [0.2, 0.25) is 0 Å². The fourth-order valence-electron chi connectivity index (χ4n) is 3.86. The molecule has 4 amide bonds.